The molecule has 1 aromatic carbocycles. The molecule has 0 bridgehead atoms. The molecule has 2 heterocycles. The van der Waals surface area contributed by atoms with Gasteiger partial charge in [0.2, 0.25) is 0 Å². The summed E-state index contributed by atoms with van der Waals surface area (Å²) in [5.41, 5.74) is 1.75. The Kier molecular flexibility index (Phi) is 3.31. The Bertz CT molecular complexity index is 786. The summed E-state index contributed by atoms with van der Waals surface area (Å²) in [5, 5.41) is 4.46. The molecule has 0 N–H and O–H groups in total. The lowest BCUT2D eigenvalue weighted by Gasteiger charge is -2.07. The van der Waals surface area contributed by atoms with Gasteiger partial charge >= 0.3 is 0 Å². The molecule has 0 aliphatic rings. The average Bonchev–Trinajstić information content (AvgIpc) is 3.12. The first kappa shape index (κ1) is 13.2. The third kappa shape index (κ3) is 2.33. The van der Waals surface area contributed by atoms with E-state index in [1.54, 1.807) is 24.1 Å². The van der Waals surface area contributed by atoms with Gasteiger partial charge in [-0.2, -0.15) is 5.10 Å². The van der Waals surface area contributed by atoms with Crippen LogP contribution < -0.4 is 4.74 Å². The molecule has 0 aliphatic carbocycles. The van der Waals surface area contributed by atoms with Crippen LogP contribution in [0.5, 0.6) is 5.75 Å². The molecule has 5 nitrogen and oxygen atoms in total. The number of aldehydes is 1. The SMILES string of the molecule is COc1ccccc1-n1cc(C=O)c(-c2ccc(C)o2)n1. The zero-order chi connectivity index (χ0) is 14.8. The van der Waals surface area contributed by atoms with Crippen LogP contribution in [0, 0.1) is 6.92 Å². The summed E-state index contributed by atoms with van der Waals surface area (Å²) < 4.78 is 12.5. The lowest BCUT2D eigenvalue weighted by atomic mass is 10.2. The summed E-state index contributed by atoms with van der Waals surface area (Å²) in [6.07, 6.45) is 2.43. The van der Waals surface area contributed by atoms with Gasteiger partial charge in [0.05, 0.1) is 12.7 Å². The van der Waals surface area contributed by atoms with Crippen LogP contribution in [0.15, 0.2) is 47.0 Å². The van der Waals surface area contributed by atoms with Crippen molar-refractivity contribution < 1.29 is 13.9 Å². The van der Waals surface area contributed by atoms with Gasteiger partial charge in [-0.05, 0) is 31.2 Å². The lowest BCUT2D eigenvalue weighted by molar-refractivity contribution is 0.112. The van der Waals surface area contributed by atoms with Gasteiger partial charge < -0.3 is 9.15 Å². The minimum Gasteiger partial charge on any atom is -0.494 e. The number of hydrogen-bond donors (Lipinski definition) is 0. The van der Waals surface area contributed by atoms with E-state index in [0.29, 0.717) is 22.8 Å². The number of nitrogens with zero attached hydrogens (tertiary/aromatic N) is 2. The van der Waals surface area contributed by atoms with E-state index < -0.39 is 0 Å². The van der Waals surface area contributed by atoms with Gasteiger partial charge in [0.1, 0.15) is 22.9 Å². The van der Waals surface area contributed by atoms with Crippen molar-refractivity contribution in [3.63, 3.8) is 0 Å². The van der Waals surface area contributed by atoms with Crippen LogP contribution in [0.2, 0.25) is 0 Å². The molecule has 5 heteroatoms. The standard InChI is InChI=1S/C16H14N2O3/c1-11-7-8-15(21-11)16-12(10-19)9-18(17-16)13-5-3-4-6-14(13)20-2/h3-10H,1-2H3. The van der Waals surface area contributed by atoms with Crippen molar-refractivity contribution in [2.75, 3.05) is 7.11 Å². The van der Waals surface area contributed by atoms with Gasteiger partial charge in [0.15, 0.2) is 12.0 Å². The van der Waals surface area contributed by atoms with Crippen molar-refractivity contribution in [3.05, 3.63) is 53.9 Å². The number of methoxy groups -OCH3 is 1. The first-order chi connectivity index (χ1) is 10.2. The lowest BCUT2D eigenvalue weighted by Crippen LogP contribution is -1.98. The topological polar surface area (TPSA) is 57.3 Å². The van der Waals surface area contributed by atoms with Gasteiger partial charge in [-0.25, -0.2) is 4.68 Å². The van der Waals surface area contributed by atoms with E-state index in [4.69, 9.17) is 9.15 Å². The van der Waals surface area contributed by atoms with Crippen LogP contribution in [0.25, 0.3) is 17.1 Å². The van der Waals surface area contributed by atoms with Gasteiger partial charge in [-0.3, -0.25) is 4.79 Å². The van der Waals surface area contributed by atoms with Crippen LogP contribution in [0.1, 0.15) is 16.1 Å². The van der Waals surface area contributed by atoms with Crippen LogP contribution >= 0.6 is 0 Å². The molecule has 106 valence electrons. The quantitative estimate of drug-likeness (QED) is 0.689. The molecule has 3 rings (SSSR count). The van der Waals surface area contributed by atoms with E-state index in [-0.39, 0.29) is 0 Å². The third-order valence-electron chi connectivity index (χ3n) is 3.18. The Morgan fingerprint density at radius 2 is 2.05 bits per heavy atom. The highest BCUT2D eigenvalue weighted by molar-refractivity contribution is 5.84. The summed E-state index contributed by atoms with van der Waals surface area (Å²) in [6.45, 7) is 1.85. The molecule has 0 spiro atoms. The third-order valence-corrected chi connectivity index (χ3v) is 3.18. The van der Waals surface area contributed by atoms with Crippen molar-refractivity contribution in [1.82, 2.24) is 9.78 Å². The monoisotopic (exact) mass is 282 g/mol. The molecular formula is C16H14N2O3. The highest BCUT2D eigenvalue weighted by Gasteiger charge is 2.16. The summed E-state index contributed by atoms with van der Waals surface area (Å²) in [4.78, 5) is 11.3. The summed E-state index contributed by atoms with van der Waals surface area (Å²) in [5.74, 6) is 2.02. The average molecular weight is 282 g/mol. The molecule has 2 aromatic heterocycles. The molecule has 0 aliphatic heterocycles. The number of aromatic nitrogens is 2. The summed E-state index contributed by atoms with van der Waals surface area (Å²) >= 11 is 0. The van der Waals surface area contributed by atoms with Crippen LogP contribution in [0.4, 0.5) is 0 Å². The van der Waals surface area contributed by atoms with E-state index in [9.17, 15) is 4.79 Å². The molecule has 0 atom stereocenters. The fraction of sp³-hybridized carbons (Fsp3) is 0.125. The number of hydrogen-bond acceptors (Lipinski definition) is 4. The molecule has 21 heavy (non-hydrogen) atoms. The summed E-state index contributed by atoms with van der Waals surface area (Å²) in [7, 11) is 1.60. The van der Waals surface area contributed by atoms with Crippen molar-refractivity contribution in [1.29, 1.82) is 0 Å². The second-order valence-electron chi connectivity index (χ2n) is 4.58. The number of aryl methyl sites for hydroxylation is 1. The number of carbonyl (C=O) groups excluding carboxylic acids is 1. The largest absolute Gasteiger partial charge is 0.494 e. The van der Waals surface area contributed by atoms with Crippen molar-refractivity contribution in [2.24, 2.45) is 0 Å². The van der Waals surface area contributed by atoms with E-state index in [0.717, 1.165) is 17.7 Å². The van der Waals surface area contributed by atoms with Crippen LogP contribution in [0.3, 0.4) is 0 Å². The number of carbonyl (C=O) groups is 1. The molecule has 0 amide bonds. The Morgan fingerprint density at radius 1 is 1.24 bits per heavy atom. The molecule has 0 saturated carbocycles. The molecule has 0 radical (unpaired) electrons. The number of ether oxygens (including phenoxy) is 1. The van der Waals surface area contributed by atoms with Gasteiger partial charge in [-0.1, -0.05) is 12.1 Å². The molecule has 0 saturated heterocycles. The van der Waals surface area contributed by atoms with Crippen molar-refractivity contribution in [3.8, 4) is 22.9 Å². The molecule has 0 unspecified atom stereocenters. The number of rotatable bonds is 4. The van der Waals surface area contributed by atoms with Gasteiger partial charge in [0, 0.05) is 6.20 Å². The number of furan rings is 1. The minimum absolute atomic E-state index is 0.468. The zero-order valence-electron chi connectivity index (χ0n) is 11.7. The predicted octanol–water partition coefficient (Wildman–Crippen LogP) is 3.26. The van der Waals surface area contributed by atoms with Crippen molar-refractivity contribution in [2.45, 2.75) is 6.92 Å². The van der Waals surface area contributed by atoms with E-state index in [2.05, 4.69) is 5.10 Å². The second kappa shape index (κ2) is 5.28. The maximum Gasteiger partial charge on any atom is 0.155 e. The fourth-order valence-corrected chi connectivity index (χ4v) is 2.17. The maximum absolute atomic E-state index is 11.3. The minimum atomic E-state index is 0.468. The molecule has 3 aromatic rings. The number of benzene rings is 1. The predicted molar refractivity (Wildman–Crippen MR) is 77.9 cm³/mol. The highest BCUT2D eigenvalue weighted by Crippen LogP contribution is 2.27. The summed E-state index contributed by atoms with van der Waals surface area (Å²) in [6, 6.07) is 11.1. The van der Waals surface area contributed by atoms with Crippen LogP contribution in [-0.2, 0) is 0 Å². The maximum atomic E-state index is 11.3. The van der Waals surface area contributed by atoms with Gasteiger partial charge in [0.25, 0.3) is 0 Å². The Balaban J connectivity index is 2.13. The smallest absolute Gasteiger partial charge is 0.155 e. The Morgan fingerprint density at radius 3 is 2.71 bits per heavy atom. The van der Waals surface area contributed by atoms with E-state index in [1.807, 2.05) is 37.3 Å². The van der Waals surface area contributed by atoms with Crippen LogP contribution in [-0.4, -0.2) is 23.2 Å². The molecular weight excluding hydrogens is 268 g/mol. The zero-order valence-corrected chi connectivity index (χ0v) is 11.7. The first-order valence-electron chi connectivity index (χ1n) is 6.48. The van der Waals surface area contributed by atoms with Crippen molar-refractivity contribution >= 4 is 6.29 Å². The highest BCUT2D eigenvalue weighted by atomic mass is 16.5. The molecule has 0 fully saturated rings. The number of para-hydroxylation sites is 2. The fourth-order valence-electron chi connectivity index (χ4n) is 2.17. The van der Waals surface area contributed by atoms with E-state index in [1.165, 1.54) is 0 Å². The first-order valence-corrected chi connectivity index (χ1v) is 6.48. The van der Waals surface area contributed by atoms with Gasteiger partial charge in [-0.15, -0.1) is 0 Å². The Hall–Kier alpha value is -2.82. The Labute approximate surface area is 121 Å². The normalized spacial score (nSPS) is 10.6. The second-order valence-corrected chi connectivity index (χ2v) is 4.58. The van der Waals surface area contributed by atoms with E-state index >= 15 is 0 Å².